The van der Waals surface area contributed by atoms with Gasteiger partial charge in [-0.05, 0) is 19.9 Å². The normalized spacial score (nSPS) is 19.5. The molecule has 0 saturated carbocycles. The molecule has 0 bridgehead atoms. The van der Waals surface area contributed by atoms with E-state index in [0.717, 1.165) is 38.5 Å². The largest absolute Gasteiger partial charge is 0.494 e. The van der Waals surface area contributed by atoms with E-state index in [2.05, 4.69) is 45.1 Å². The van der Waals surface area contributed by atoms with Crippen molar-refractivity contribution in [2.24, 2.45) is 0 Å². The molecule has 0 radical (unpaired) electrons. The maximum absolute atomic E-state index is 5.74. The van der Waals surface area contributed by atoms with Crippen LogP contribution in [0.3, 0.4) is 0 Å². The Kier molecular flexibility index (Phi) is 5.48. The molecule has 6 heteroatoms. The molecule has 3 rings (SSSR count). The van der Waals surface area contributed by atoms with Crippen LogP contribution in [0.4, 0.5) is 0 Å². The number of piperazine rings is 1. The summed E-state index contributed by atoms with van der Waals surface area (Å²) in [6.07, 6.45) is 0. The molecule has 1 aromatic carbocycles. The van der Waals surface area contributed by atoms with Crippen LogP contribution in [0.5, 0.6) is 5.75 Å². The van der Waals surface area contributed by atoms with Crippen LogP contribution in [0.2, 0.25) is 0 Å². The van der Waals surface area contributed by atoms with Gasteiger partial charge in [-0.25, -0.2) is 0 Å². The monoisotopic (exact) mass is 330 g/mol. The van der Waals surface area contributed by atoms with Crippen molar-refractivity contribution in [1.29, 1.82) is 0 Å². The van der Waals surface area contributed by atoms with Gasteiger partial charge in [-0.15, -0.1) is 10.2 Å². The van der Waals surface area contributed by atoms with Crippen LogP contribution in [0, 0.1) is 6.92 Å². The van der Waals surface area contributed by atoms with Gasteiger partial charge in [0.15, 0.2) is 0 Å². The molecule has 0 unspecified atom stereocenters. The molecule has 1 aliphatic rings. The van der Waals surface area contributed by atoms with Gasteiger partial charge in [-0.3, -0.25) is 9.80 Å². The van der Waals surface area contributed by atoms with E-state index in [1.54, 1.807) is 0 Å². The molecule has 1 aromatic heterocycles. The van der Waals surface area contributed by atoms with E-state index in [1.165, 1.54) is 5.56 Å². The van der Waals surface area contributed by atoms with Crippen LogP contribution in [-0.2, 0) is 13.1 Å². The van der Waals surface area contributed by atoms with Crippen LogP contribution in [0.25, 0.3) is 0 Å². The van der Waals surface area contributed by atoms with Crippen molar-refractivity contribution < 1.29 is 9.15 Å². The first-order chi connectivity index (χ1) is 11.7. The lowest BCUT2D eigenvalue weighted by atomic mass is 10.1. The highest BCUT2D eigenvalue weighted by Crippen LogP contribution is 2.22. The summed E-state index contributed by atoms with van der Waals surface area (Å²) >= 11 is 0. The first kappa shape index (κ1) is 16.9. The number of nitrogens with zero attached hydrogens (tertiary/aromatic N) is 4. The first-order valence-electron chi connectivity index (χ1n) is 8.61. The number of ether oxygens (including phenoxy) is 1. The van der Waals surface area contributed by atoms with E-state index >= 15 is 0 Å². The number of aryl methyl sites for hydroxylation is 1. The van der Waals surface area contributed by atoms with Crippen molar-refractivity contribution in [2.75, 3.05) is 26.2 Å². The molecule has 1 aliphatic heterocycles. The number of rotatable bonds is 6. The second kappa shape index (κ2) is 7.77. The number of hydrogen-bond acceptors (Lipinski definition) is 6. The summed E-state index contributed by atoms with van der Waals surface area (Å²) in [4.78, 5) is 4.88. The third-order valence-electron chi connectivity index (χ3n) is 4.42. The molecule has 0 N–H and O–H groups in total. The maximum Gasteiger partial charge on any atom is 0.230 e. The number of aromatic nitrogens is 2. The van der Waals surface area contributed by atoms with E-state index in [-0.39, 0.29) is 0 Å². The third kappa shape index (κ3) is 4.13. The molecule has 0 aliphatic carbocycles. The Balaban J connectivity index is 1.57. The fourth-order valence-electron chi connectivity index (χ4n) is 3.20. The van der Waals surface area contributed by atoms with Gasteiger partial charge in [0.25, 0.3) is 0 Å². The van der Waals surface area contributed by atoms with Gasteiger partial charge in [0, 0.05) is 44.7 Å². The van der Waals surface area contributed by atoms with Gasteiger partial charge in [-0.1, -0.05) is 18.2 Å². The summed E-state index contributed by atoms with van der Waals surface area (Å²) in [5, 5.41) is 8.01. The predicted molar refractivity (Wildman–Crippen MR) is 91.8 cm³/mol. The first-order valence-corrected chi connectivity index (χ1v) is 8.61. The Labute approximate surface area is 143 Å². The average molecular weight is 330 g/mol. The summed E-state index contributed by atoms with van der Waals surface area (Å²) in [5.74, 6) is 2.33. The molecule has 1 atom stereocenters. The predicted octanol–water partition coefficient (Wildman–Crippen LogP) is 2.48. The van der Waals surface area contributed by atoms with Crippen molar-refractivity contribution in [3.8, 4) is 5.75 Å². The van der Waals surface area contributed by atoms with E-state index in [4.69, 9.17) is 9.15 Å². The smallest absolute Gasteiger partial charge is 0.230 e. The van der Waals surface area contributed by atoms with Crippen molar-refractivity contribution in [3.63, 3.8) is 0 Å². The van der Waals surface area contributed by atoms with Crippen LogP contribution < -0.4 is 4.74 Å². The molecule has 6 nitrogen and oxygen atoms in total. The van der Waals surface area contributed by atoms with Crippen molar-refractivity contribution in [2.45, 2.75) is 39.9 Å². The van der Waals surface area contributed by atoms with Crippen LogP contribution >= 0.6 is 0 Å². The Hall–Kier alpha value is -1.92. The zero-order chi connectivity index (χ0) is 16.9. The molecule has 24 heavy (non-hydrogen) atoms. The standard InChI is InChI=1S/C18H26N4O2/c1-4-23-17-8-6-5-7-16(17)12-21-9-10-22(14(2)11-21)13-18-20-19-15(3)24-18/h5-8,14H,4,9-13H2,1-3H3/t14-/m0/s1. The topological polar surface area (TPSA) is 54.6 Å². The van der Waals surface area contributed by atoms with Crippen LogP contribution in [0.15, 0.2) is 28.7 Å². The Morgan fingerprint density at radius 3 is 2.75 bits per heavy atom. The molecular formula is C18H26N4O2. The minimum atomic E-state index is 0.449. The highest BCUT2D eigenvalue weighted by Gasteiger charge is 2.25. The highest BCUT2D eigenvalue weighted by atomic mass is 16.5. The maximum atomic E-state index is 5.74. The zero-order valence-corrected chi connectivity index (χ0v) is 14.7. The molecule has 130 valence electrons. The van der Waals surface area contributed by atoms with E-state index in [0.29, 0.717) is 24.4 Å². The van der Waals surface area contributed by atoms with Crippen LogP contribution in [0.1, 0.15) is 31.2 Å². The summed E-state index contributed by atoms with van der Waals surface area (Å²) in [5.41, 5.74) is 1.26. The van der Waals surface area contributed by atoms with Gasteiger partial charge in [0.05, 0.1) is 13.2 Å². The van der Waals surface area contributed by atoms with Crippen molar-refractivity contribution in [3.05, 3.63) is 41.6 Å². The molecule has 0 spiro atoms. The van der Waals surface area contributed by atoms with E-state index < -0.39 is 0 Å². The summed E-state index contributed by atoms with van der Waals surface area (Å²) in [6, 6.07) is 8.77. The molecule has 2 aromatic rings. The number of para-hydroxylation sites is 1. The SMILES string of the molecule is CCOc1ccccc1CN1CCN(Cc2nnc(C)o2)[C@@H](C)C1. The third-order valence-corrected chi connectivity index (χ3v) is 4.42. The van der Waals surface area contributed by atoms with Crippen molar-refractivity contribution in [1.82, 2.24) is 20.0 Å². The van der Waals surface area contributed by atoms with Gasteiger partial charge in [0.1, 0.15) is 5.75 Å². The Bertz CT molecular complexity index is 658. The summed E-state index contributed by atoms with van der Waals surface area (Å²) in [6.45, 7) is 11.5. The second-order valence-corrected chi connectivity index (χ2v) is 6.31. The minimum Gasteiger partial charge on any atom is -0.494 e. The fraction of sp³-hybridized carbons (Fsp3) is 0.556. The van der Waals surface area contributed by atoms with E-state index in [1.807, 2.05) is 19.9 Å². The Morgan fingerprint density at radius 2 is 2.04 bits per heavy atom. The second-order valence-electron chi connectivity index (χ2n) is 6.31. The molecule has 1 fully saturated rings. The molecule has 1 saturated heterocycles. The molecule has 0 amide bonds. The van der Waals surface area contributed by atoms with E-state index in [9.17, 15) is 0 Å². The van der Waals surface area contributed by atoms with Crippen molar-refractivity contribution >= 4 is 0 Å². The zero-order valence-electron chi connectivity index (χ0n) is 14.7. The van der Waals surface area contributed by atoms with Gasteiger partial charge in [-0.2, -0.15) is 0 Å². The fourth-order valence-corrected chi connectivity index (χ4v) is 3.20. The molecule has 2 heterocycles. The van der Waals surface area contributed by atoms with Crippen LogP contribution in [-0.4, -0.2) is 52.3 Å². The minimum absolute atomic E-state index is 0.449. The highest BCUT2D eigenvalue weighted by molar-refractivity contribution is 5.33. The average Bonchev–Trinajstić information content (AvgIpc) is 2.97. The molecular weight excluding hydrogens is 304 g/mol. The lowest BCUT2D eigenvalue weighted by molar-refractivity contribution is 0.0661. The Morgan fingerprint density at radius 1 is 1.21 bits per heavy atom. The summed E-state index contributed by atoms with van der Waals surface area (Å²) < 4.78 is 11.2. The van der Waals surface area contributed by atoms with Gasteiger partial charge < -0.3 is 9.15 Å². The number of benzene rings is 1. The van der Waals surface area contributed by atoms with Gasteiger partial charge >= 0.3 is 0 Å². The lowest BCUT2D eigenvalue weighted by Crippen LogP contribution is -2.50. The quantitative estimate of drug-likeness (QED) is 0.811. The summed E-state index contributed by atoms with van der Waals surface area (Å²) in [7, 11) is 0. The number of hydrogen-bond donors (Lipinski definition) is 0. The van der Waals surface area contributed by atoms with Gasteiger partial charge in [0.2, 0.25) is 11.8 Å². The lowest BCUT2D eigenvalue weighted by Gasteiger charge is -2.39.